The standard InChI is InChI=1S/C21H37N3O/c1-3-18-19(14-21(18)9-10-22-15-21)24-12-7-16(8-13-24)17-6-5-11-23(4-2)20(17)25/h16-19,22H,3-15H2,1-2H3. The normalized spacial score (nSPS) is 40.6. The number of amides is 1. The highest BCUT2D eigenvalue weighted by atomic mass is 16.2. The van der Waals surface area contributed by atoms with E-state index in [0.717, 1.165) is 31.5 Å². The fourth-order valence-corrected chi connectivity index (χ4v) is 6.68. The van der Waals surface area contributed by atoms with E-state index in [1.807, 2.05) is 0 Å². The number of rotatable bonds is 4. The minimum absolute atomic E-state index is 0.324. The Balaban J connectivity index is 1.32. The Morgan fingerprint density at radius 2 is 1.96 bits per heavy atom. The minimum Gasteiger partial charge on any atom is -0.343 e. The lowest BCUT2D eigenvalue weighted by Gasteiger charge is -2.58. The number of carbonyl (C=O) groups is 1. The van der Waals surface area contributed by atoms with Crippen LogP contribution in [0.25, 0.3) is 0 Å². The van der Waals surface area contributed by atoms with Gasteiger partial charge in [-0.15, -0.1) is 0 Å². The maximum atomic E-state index is 12.7. The van der Waals surface area contributed by atoms with Crippen LogP contribution in [0.3, 0.4) is 0 Å². The Morgan fingerprint density at radius 3 is 2.60 bits per heavy atom. The second kappa shape index (κ2) is 7.19. The van der Waals surface area contributed by atoms with Gasteiger partial charge in [0.05, 0.1) is 0 Å². The summed E-state index contributed by atoms with van der Waals surface area (Å²) in [4.78, 5) is 17.6. The summed E-state index contributed by atoms with van der Waals surface area (Å²) in [6, 6.07) is 0.819. The summed E-state index contributed by atoms with van der Waals surface area (Å²) in [5.41, 5.74) is 0.622. The van der Waals surface area contributed by atoms with Crippen molar-refractivity contribution in [2.24, 2.45) is 23.2 Å². The van der Waals surface area contributed by atoms with Crippen LogP contribution in [-0.4, -0.2) is 61.0 Å². The Labute approximate surface area is 153 Å². The Morgan fingerprint density at radius 1 is 1.16 bits per heavy atom. The number of hydrogen-bond donors (Lipinski definition) is 1. The van der Waals surface area contributed by atoms with Gasteiger partial charge in [0.25, 0.3) is 0 Å². The molecule has 0 aromatic rings. The predicted octanol–water partition coefficient (Wildman–Crippen LogP) is 2.74. The molecule has 1 spiro atoms. The van der Waals surface area contributed by atoms with Crippen molar-refractivity contribution >= 4 is 5.91 Å². The molecule has 4 atom stereocenters. The second-order valence-electron chi connectivity index (χ2n) is 9.12. The lowest BCUT2D eigenvalue weighted by molar-refractivity contribution is -0.142. The Bertz CT molecular complexity index is 480. The largest absolute Gasteiger partial charge is 0.343 e. The molecule has 0 bridgehead atoms. The van der Waals surface area contributed by atoms with Gasteiger partial charge in [0.15, 0.2) is 0 Å². The Hall–Kier alpha value is -0.610. The van der Waals surface area contributed by atoms with Gasteiger partial charge in [-0.2, -0.15) is 0 Å². The molecule has 142 valence electrons. The first-order chi connectivity index (χ1) is 12.2. The van der Waals surface area contributed by atoms with Gasteiger partial charge in [-0.1, -0.05) is 13.3 Å². The molecule has 4 nitrogen and oxygen atoms in total. The van der Waals surface area contributed by atoms with Gasteiger partial charge >= 0.3 is 0 Å². The zero-order valence-electron chi connectivity index (χ0n) is 16.3. The summed E-state index contributed by atoms with van der Waals surface area (Å²) in [5.74, 6) is 2.31. The number of nitrogens with one attached hydrogen (secondary N) is 1. The van der Waals surface area contributed by atoms with E-state index < -0.39 is 0 Å². The van der Waals surface area contributed by atoms with E-state index in [1.165, 1.54) is 64.7 Å². The number of likely N-dealkylation sites (tertiary alicyclic amines) is 2. The van der Waals surface area contributed by atoms with Crippen LogP contribution >= 0.6 is 0 Å². The van der Waals surface area contributed by atoms with Crippen LogP contribution < -0.4 is 5.32 Å². The third kappa shape index (κ3) is 3.03. The van der Waals surface area contributed by atoms with Crippen LogP contribution in [0.2, 0.25) is 0 Å². The third-order valence-electron chi connectivity index (χ3n) is 8.15. The highest BCUT2D eigenvalue weighted by Gasteiger charge is 2.55. The van der Waals surface area contributed by atoms with Crippen molar-refractivity contribution in [1.29, 1.82) is 0 Å². The lowest BCUT2D eigenvalue weighted by Crippen LogP contribution is -2.61. The average Bonchev–Trinajstić information content (AvgIpc) is 3.12. The van der Waals surface area contributed by atoms with E-state index in [-0.39, 0.29) is 0 Å². The van der Waals surface area contributed by atoms with E-state index in [1.54, 1.807) is 0 Å². The molecule has 4 aliphatic rings. The van der Waals surface area contributed by atoms with Crippen LogP contribution in [-0.2, 0) is 4.79 Å². The predicted molar refractivity (Wildman–Crippen MR) is 101 cm³/mol. The zero-order valence-corrected chi connectivity index (χ0v) is 16.3. The van der Waals surface area contributed by atoms with Crippen molar-refractivity contribution in [2.45, 2.75) is 64.8 Å². The van der Waals surface area contributed by atoms with Crippen LogP contribution in [0.1, 0.15) is 58.8 Å². The molecule has 1 saturated carbocycles. The fraction of sp³-hybridized carbons (Fsp3) is 0.952. The average molecular weight is 348 g/mol. The van der Waals surface area contributed by atoms with Gasteiger partial charge in [-0.05, 0) is 82.3 Å². The highest BCUT2D eigenvalue weighted by molar-refractivity contribution is 5.79. The third-order valence-corrected chi connectivity index (χ3v) is 8.15. The van der Waals surface area contributed by atoms with Crippen molar-refractivity contribution in [3.63, 3.8) is 0 Å². The molecule has 4 fully saturated rings. The van der Waals surface area contributed by atoms with E-state index in [0.29, 0.717) is 23.2 Å². The molecule has 1 aliphatic carbocycles. The molecule has 25 heavy (non-hydrogen) atoms. The molecule has 3 saturated heterocycles. The SMILES string of the molecule is CCC1C(N2CCC(C3CCCN(CC)C3=O)CC2)CC12CCNC2. The van der Waals surface area contributed by atoms with Crippen molar-refractivity contribution in [3.8, 4) is 0 Å². The van der Waals surface area contributed by atoms with Gasteiger partial charge in [-0.25, -0.2) is 0 Å². The van der Waals surface area contributed by atoms with E-state index >= 15 is 0 Å². The summed E-state index contributed by atoms with van der Waals surface area (Å²) in [6.45, 7) is 11.3. The van der Waals surface area contributed by atoms with Gasteiger partial charge < -0.3 is 15.1 Å². The number of carbonyl (C=O) groups excluding carboxylic acids is 1. The highest BCUT2D eigenvalue weighted by Crippen LogP contribution is 2.54. The maximum absolute atomic E-state index is 12.7. The molecule has 3 heterocycles. The molecule has 4 rings (SSSR count). The van der Waals surface area contributed by atoms with Gasteiger partial charge in [0.2, 0.25) is 5.91 Å². The Kier molecular flexibility index (Phi) is 5.11. The minimum atomic E-state index is 0.324. The van der Waals surface area contributed by atoms with Crippen molar-refractivity contribution in [3.05, 3.63) is 0 Å². The number of hydrogen-bond acceptors (Lipinski definition) is 3. The van der Waals surface area contributed by atoms with E-state index in [2.05, 4.69) is 29.0 Å². The number of nitrogens with zero attached hydrogens (tertiary/aromatic N) is 2. The fourth-order valence-electron chi connectivity index (χ4n) is 6.68. The molecular weight excluding hydrogens is 310 g/mol. The van der Waals surface area contributed by atoms with Gasteiger partial charge in [0.1, 0.15) is 0 Å². The molecule has 3 aliphatic heterocycles. The first-order valence-corrected chi connectivity index (χ1v) is 10.9. The van der Waals surface area contributed by atoms with Crippen molar-refractivity contribution in [1.82, 2.24) is 15.1 Å². The summed E-state index contributed by atoms with van der Waals surface area (Å²) >= 11 is 0. The van der Waals surface area contributed by atoms with E-state index in [9.17, 15) is 4.79 Å². The van der Waals surface area contributed by atoms with Crippen LogP contribution in [0, 0.1) is 23.2 Å². The molecule has 0 aromatic carbocycles. The van der Waals surface area contributed by atoms with E-state index in [4.69, 9.17) is 0 Å². The van der Waals surface area contributed by atoms with Crippen LogP contribution in [0.15, 0.2) is 0 Å². The quantitative estimate of drug-likeness (QED) is 0.849. The lowest BCUT2D eigenvalue weighted by atomic mass is 9.54. The zero-order chi connectivity index (χ0) is 17.4. The molecular formula is C21H37N3O. The monoisotopic (exact) mass is 347 g/mol. The maximum Gasteiger partial charge on any atom is 0.225 e. The molecule has 1 amide bonds. The molecule has 4 unspecified atom stereocenters. The summed E-state index contributed by atoms with van der Waals surface area (Å²) in [7, 11) is 0. The molecule has 0 radical (unpaired) electrons. The van der Waals surface area contributed by atoms with Crippen LogP contribution in [0.4, 0.5) is 0 Å². The van der Waals surface area contributed by atoms with Gasteiger partial charge in [-0.3, -0.25) is 4.79 Å². The first-order valence-electron chi connectivity index (χ1n) is 10.9. The summed E-state index contributed by atoms with van der Waals surface area (Å²) < 4.78 is 0. The van der Waals surface area contributed by atoms with Crippen LogP contribution in [0.5, 0.6) is 0 Å². The van der Waals surface area contributed by atoms with Crippen molar-refractivity contribution in [2.75, 3.05) is 39.3 Å². The van der Waals surface area contributed by atoms with Crippen molar-refractivity contribution < 1.29 is 4.79 Å². The second-order valence-corrected chi connectivity index (χ2v) is 9.12. The van der Waals surface area contributed by atoms with Gasteiger partial charge in [0, 0.05) is 31.6 Å². The topological polar surface area (TPSA) is 35.6 Å². The number of piperidine rings is 2. The molecule has 4 heteroatoms. The summed E-state index contributed by atoms with van der Waals surface area (Å²) in [6.07, 6.45) is 8.96. The first kappa shape index (κ1) is 17.8. The molecule has 1 N–H and O–H groups in total. The molecule has 0 aromatic heterocycles. The summed E-state index contributed by atoms with van der Waals surface area (Å²) in [5, 5.41) is 3.61. The smallest absolute Gasteiger partial charge is 0.225 e.